The lowest BCUT2D eigenvalue weighted by atomic mass is 10.1. The van der Waals surface area contributed by atoms with Gasteiger partial charge in [-0.1, -0.05) is 11.6 Å². The molecule has 2 aromatic carbocycles. The van der Waals surface area contributed by atoms with Crippen molar-refractivity contribution in [2.24, 2.45) is 0 Å². The summed E-state index contributed by atoms with van der Waals surface area (Å²) < 4.78 is 46.0. The molecule has 1 aromatic heterocycles. The summed E-state index contributed by atoms with van der Waals surface area (Å²) >= 11 is 5.92. The van der Waals surface area contributed by atoms with Crippen molar-refractivity contribution in [2.75, 3.05) is 18.5 Å². The minimum Gasteiger partial charge on any atom is -0.379 e. The van der Waals surface area contributed by atoms with E-state index in [-0.39, 0.29) is 22.5 Å². The van der Waals surface area contributed by atoms with E-state index in [1.54, 1.807) is 12.1 Å². The van der Waals surface area contributed by atoms with Crippen LogP contribution < -0.4 is 10.6 Å². The van der Waals surface area contributed by atoms with Crippen LogP contribution in [0.25, 0.3) is 11.3 Å². The Kier molecular flexibility index (Phi) is 8.72. The van der Waals surface area contributed by atoms with Gasteiger partial charge in [0.2, 0.25) is 0 Å². The monoisotopic (exact) mass is 492 g/mol. The van der Waals surface area contributed by atoms with Crippen molar-refractivity contribution in [2.45, 2.75) is 26.4 Å². The highest BCUT2D eigenvalue weighted by Crippen LogP contribution is 2.25. The second-order valence-electron chi connectivity index (χ2n) is 7.70. The summed E-state index contributed by atoms with van der Waals surface area (Å²) in [6, 6.07) is 8.62. The van der Waals surface area contributed by atoms with Crippen LogP contribution in [0.2, 0.25) is 5.02 Å². The van der Waals surface area contributed by atoms with E-state index < -0.39 is 23.2 Å². The molecule has 0 radical (unpaired) electrons. The lowest BCUT2D eigenvalue weighted by Crippen LogP contribution is -2.23. The summed E-state index contributed by atoms with van der Waals surface area (Å²) in [5.74, 6) is -2.56. The standard InChI is InChI=1S/C24H24ClF3N4O2/c1-14(2)34-7-3-6-29-23(13-22(33)15-4-5-19(27)20(28)10-15)30-24-12-21(31-32-24)16-8-17(25)11-18(26)9-16/h4-5,8-14,29H,3,6-7H2,1-2H3,(H2,30,31,32)/b23-13-. The molecular formula is C24H24ClF3N4O2. The highest BCUT2D eigenvalue weighted by Gasteiger charge is 2.12. The Balaban J connectivity index is 1.77. The van der Waals surface area contributed by atoms with Crippen LogP contribution in [0.3, 0.4) is 0 Å². The number of hydrogen-bond acceptors (Lipinski definition) is 5. The van der Waals surface area contributed by atoms with Crippen LogP contribution in [-0.2, 0) is 4.74 Å². The number of nitrogens with zero attached hydrogens (tertiary/aromatic N) is 1. The number of allylic oxidation sites excluding steroid dienone is 1. The van der Waals surface area contributed by atoms with E-state index >= 15 is 0 Å². The molecule has 0 spiro atoms. The van der Waals surface area contributed by atoms with Gasteiger partial charge in [0.05, 0.1) is 11.8 Å². The molecule has 0 saturated heterocycles. The fraction of sp³-hybridized carbons (Fsp3) is 0.250. The lowest BCUT2D eigenvalue weighted by Gasteiger charge is -2.13. The highest BCUT2D eigenvalue weighted by atomic mass is 35.5. The maximum atomic E-state index is 13.7. The van der Waals surface area contributed by atoms with Crippen LogP contribution in [0.1, 0.15) is 30.6 Å². The summed E-state index contributed by atoms with van der Waals surface area (Å²) in [4.78, 5) is 12.6. The van der Waals surface area contributed by atoms with E-state index in [1.807, 2.05) is 13.8 Å². The number of ether oxygens (including phenoxy) is 1. The number of halogens is 4. The molecule has 0 bridgehead atoms. The highest BCUT2D eigenvalue weighted by molar-refractivity contribution is 6.30. The number of aromatic amines is 1. The first kappa shape index (κ1) is 25.3. The van der Waals surface area contributed by atoms with Crippen molar-refractivity contribution >= 4 is 23.2 Å². The van der Waals surface area contributed by atoms with Gasteiger partial charge in [0.15, 0.2) is 23.2 Å². The van der Waals surface area contributed by atoms with Crippen molar-refractivity contribution in [1.29, 1.82) is 0 Å². The van der Waals surface area contributed by atoms with Gasteiger partial charge in [0.1, 0.15) is 11.6 Å². The molecule has 0 aliphatic carbocycles. The SMILES string of the molecule is CC(C)OCCCN/C(=C/C(=O)c1ccc(F)c(F)c1)Nc1cc(-c2cc(F)cc(Cl)c2)[nH]n1. The molecule has 0 aliphatic rings. The number of rotatable bonds is 11. The molecule has 0 unspecified atom stereocenters. The number of anilines is 1. The molecule has 3 aromatic rings. The second-order valence-corrected chi connectivity index (χ2v) is 8.14. The van der Waals surface area contributed by atoms with Gasteiger partial charge in [-0.2, -0.15) is 5.10 Å². The molecule has 10 heteroatoms. The third-order valence-corrected chi connectivity index (χ3v) is 4.80. The van der Waals surface area contributed by atoms with Gasteiger partial charge in [0.25, 0.3) is 0 Å². The van der Waals surface area contributed by atoms with Gasteiger partial charge < -0.3 is 15.4 Å². The normalized spacial score (nSPS) is 11.7. The van der Waals surface area contributed by atoms with E-state index in [1.165, 1.54) is 24.3 Å². The van der Waals surface area contributed by atoms with Gasteiger partial charge in [-0.15, -0.1) is 0 Å². The Labute approximate surface area is 200 Å². The average molecular weight is 493 g/mol. The van der Waals surface area contributed by atoms with Gasteiger partial charge in [0, 0.05) is 41.4 Å². The van der Waals surface area contributed by atoms with Crippen LogP contribution in [0, 0.1) is 17.5 Å². The number of carbonyl (C=O) groups excluding carboxylic acids is 1. The van der Waals surface area contributed by atoms with Gasteiger partial charge in [-0.3, -0.25) is 9.89 Å². The van der Waals surface area contributed by atoms with Crippen LogP contribution in [0.4, 0.5) is 19.0 Å². The summed E-state index contributed by atoms with van der Waals surface area (Å²) in [5, 5.41) is 13.2. The smallest absolute Gasteiger partial charge is 0.189 e. The quantitative estimate of drug-likeness (QED) is 0.182. The van der Waals surface area contributed by atoms with E-state index in [4.69, 9.17) is 16.3 Å². The first-order valence-electron chi connectivity index (χ1n) is 10.6. The Bertz CT molecular complexity index is 1160. The van der Waals surface area contributed by atoms with Crippen molar-refractivity contribution in [3.05, 3.63) is 82.4 Å². The molecule has 0 saturated carbocycles. The topological polar surface area (TPSA) is 79.0 Å². The molecule has 0 fully saturated rings. The van der Waals surface area contributed by atoms with Gasteiger partial charge >= 0.3 is 0 Å². The van der Waals surface area contributed by atoms with E-state index in [2.05, 4.69) is 20.8 Å². The molecule has 0 amide bonds. The zero-order valence-corrected chi connectivity index (χ0v) is 19.3. The summed E-state index contributed by atoms with van der Waals surface area (Å²) in [6.07, 6.45) is 1.98. The number of hydrogen-bond donors (Lipinski definition) is 3. The predicted molar refractivity (Wildman–Crippen MR) is 125 cm³/mol. The molecule has 1 heterocycles. The first-order chi connectivity index (χ1) is 16.2. The van der Waals surface area contributed by atoms with Crippen molar-refractivity contribution in [3.63, 3.8) is 0 Å². The number of aromatic nitrogens is 2. The first-order valence-corrected chi connectivity index (χ1v) is 10.9. The molecule has 6 nitrogen and oxygen atoms in total. The molecule has 3 rings (SSSR count). The number of H-pyrrole nitrogens is 1. The number of benzene rings is 2. The zero-order chi connectivity index (χ0) is 24.7. The average Bonchev–Trinajstić information content (AvgIpc) is 3.23. The van der Waals surface area contributed by atoms with Crippen molar-refractivity contribution < 1.29 is 22.7 Å². The fourth-order valence-corrected chi connectivity index (χ4v) is 3.21. The summed E-state index contributed by atoms with van der Waals surface area (Å²) in [5.41, 5.74) is 0.980. The second kappa shape index (κ2) is 11.7. The molecule has 0 aliphatic heterocycles. The van der Waals surface area contributed by atoms with Gasteiger partial charge in [-0.25, -0.2) is 13.2 Å². The zero-order valence-electron chi connectivity index (χ0n) is 18.6. The predicted octanol–water partition coefficient (Wildman–Crippen LogP) is 5.69. The number of nitrogens with one attached hydrogen (secondary N) is 3. The molecular weight excluding hydrogens is 469 g/mol. The van der Waals surface area contributed by atoms with E-state index in [0.29, 0.717) is 36.6 Å². The largest absolute Gasteiger partial charge is 0.379 e. The number of carbonyl (C=O) groups is 1. The van der Waals surface area contributed by atoms with Crippen molar-refractivity contribution in [1.82, 2.24) is 15.5 Å². The van der Waals surface area contributed by atoms with Crippen LogP contribution in [-0.4, -0.2) is 35.2 Å². The van der Waals surface area contributed by atoms with E-state index in [0.717, 1.165) is 12.1 Å². The number of ketones is 1. The van der Waals surface area contributed by atoms with Crippen LogP contribution in [0.5, 0.6) is 0 Å². The molecule has 0 atom stereocenters. The lowest BCUT2D eigenvalue weighted by molar-refractivity contribution is 0.0774. The maximum Gasteiger partial charge on any atom is 0.189 e. The van der Waals surface area contributed by atoms with Crippen LogP contribution >= 0.6 is 11.6 Å². The van der Waals surface area contributed by atoms with Crippen LogP contribution in [0.15, 0.2) is 54.4 Å². The molecule has 34 heavy (non-hydrogen) atoms. The molecule has 3 N–H and O–H groups in total. The fourth-order valence-electron chi connectivity index (χ4n) is 2.99. The van der Waals surface area contributed by atoms with Crippen molar-refractivity contribution in [3.8, 4) is 11.3 Å². The van der Waals surface area contributed by atoms with E-state index in [9.17, 15) is 18.0 Å². The third-order valence-electron chi connectivity index (χ3n) is 4.58. The maximum absolute atomic E-state index is 13.7. The summed E-state index contributed by atoms with van der Waals surface area (Å²) in [6.45, 7) is 4.85. The summed E-state index contributed by atoms with van der Waals surface area (Å²) in [7, 11) is 0. The minimum absolute atomic E-state index is 0.0136. The van der Waals surface area contributed by atoms with Gasteiger partial charge in [-0.05, 0) is 56.7 Å². The Morgan fingerprint density at radius 1 is 1.15 bits per heavy atom. The Hall–Kier alpha value is -3.30. The third kappa shape index (κ3) is 7.36. The Morgan fingerprint density at radius 3 is 2.65 bits per heavy atom. The minimum atomic E-state index is -1.11. The molecule has 180 valence electrons. The Morgan fingerprint density at radius 2 is 1.94 bits per heavy atom.